The van der Waals surface area contributed by atoms with Crippen molar-refractivity contribution in [3.05, 3.63) is 12.2 Å². The lowest BCUT2D eigenvalue weighted by atomic mass is 10.0. The molecule has 2 N–H and O–H groups in total. The van der Waals surface area contributed by atoms with Crippen LogP contribution in [0, 0.1) is 5.92 Å². The Labute approximate surface area is 101 Å². The number of allylic oxidation sites excluding steroid dienone is 1. The fraction of sp³-hybridized carbons (Fsp3) is 0.667. The Balaban J connectivity index is 2.47. The summed E-state index contributed by atoms with van der Waals surface area (Å²) in [6.07, 6.45) is 5.43. The van der Waals surface area contributed by atoms with E-state index in [9.17, 15) is 9.59 Å². The molecule has 0 aliphatic carbocycles. The van der Waals surface area contributed by atoms with Crippen molar-refractivity contribution < 1.29 is 19.4 Å². The summed E-state index contributed by atoms with van der Waals surface area (Å²) in [6.45, 7) is 2.89. The highest BCUT2D eigenvalue weighted by Gasteiger charge is 2.26. The number of aliphatic carboxylic acids is 1. The number of nitrogens with one attached hydrogen (secondary N) is 1. The van der Waals surface area contributed by atoms with Crippen molar-refractivity contribution >= 4 is 11.9 Å². The van der Waals surface area contributed by atoms with Gasteiger partial charge in [0, 0.05) is 6.61 Å². The SMILES string of the molecule is CC=CCC(NC(=O)C1CCCOC1)C(=O)O. The number of carboxylic acids is 1. The molecule has 1 aliphatic rings. The summed E-state index contributed by atoms with van der Waals surface area (Å²) < 4.78 is 5.20. The van der Waals surface area contributed by atoms with Gasteiger partial charge in [0.1, 0.15) is 6.04 Å². The molecule has 1 saturated heterocycles. The number of amides is 1. The molecule has 2 unspecified atom stereocenters. The van der Waals surface area contributed by atoms with Crippen LogP contribution in [0.1, 0.15) is 26.2 Å². The summed E-state index contributed by atoms with van der Waals surface area (Å²) >= 11 is 0. The van der Waals surface area contributed by atoms with Crippen molar-refractivity contribution in [3.8, 4) is 0 Å². The first-order valence-corrected chi connectivity index (χ1v) is 5.87. The van der Waals surface area contributed by atoms with Crippen molar-refractivity contribution in [2.75, 3.05) is 13.2 Å². The molecule has 96 valence electrons. The molecule has 1 heterocycles. The molecule has 0 radical (unpaired) electrons. The lowest BCUT2D eigenvalue weighted by Crippen LogP contribution is -2.45. The molecular weight excluding hydrogens is 222 g/mol. The van der Waals surface area contributed by atoms with Gasteiger partial charge in [-0.15, -0.1) is 0 Å². The van der Waals surface area contributed by atoms with E-state index in [0.29, 0.717) is 19.6 Å². The smallest absolute Gasteiger partial charge is 0.326 e. The van der Waals surface area contributed by atoms with E-state index in [2.05, 4.69) is 5.32 Å². The van der Waals surface area contributed by atoms with E-state index in [1.807, 2.05) is 6.92 Å². The van der Waals surface area contributed by atoms with Crippen molar-refractivity contribution in [3.63, 3.8) is 0 Å². The lowest BCUT2D eigenvalue weighted by molar-refractivity contribution is -0.143. The maximum absolute atomic E-state index is 11.8. The average molecular weight is 241 g/mol. The van der Waals surface area contributed by atoms with Crippen molar-refractivity contribution in [2.24, 2.45) is 5.92 Å². The number of carboxylic acid groups (broad SMARTS) is 1. The summed E-state index contributed by atoms with van der Waals surface area (Å²) in [4.78, 5) is 22.7. The van der Waals surface area contributed by atoms with Crippen LogP contribution >= 0.6 is 0 Å². The zero-order valence-corrected chi connectivity index (χ0v) is 10.0. The molecule has 0 aromatic heterocycles. The largest absolute Gasteiger partial charge is 0.480 e. The fourth-order valence-corrected chi connectivity index (χ4v) is 1.73. The Bertz CT molecular complexity index is 295. The van der Waals surface area contributed by atoms with Crippen LogP contribution in [0.3, 0.4) is 0 Å². The van der Waals surface area contributed by atoms with Crippen LogP contribution in [0.25, 0.3) is 0 Å². The first kappa shape index (κ1) is 13.7. The van der Waals surface area contributed by atoms with Gasteiger partial charge in [-0.1, -0.05) is 12.2 Å². The van der Waals surface area contributed by atoms with Gasteiger partial charge in [-0.25, -0.2) is 4.79 Å². The molecule has 5 heteroatoms. The minimum absolute atomic E-state index is 0.212. The van der Waals surface area contributed by atoms with Crippen LogP contribution < -0.4 is 5.32 Å². The van der Waals surface area contributed by atoms with Gasteiger partial charge < -0.3 is 15.2 Å². The van der Waals surface area contributed by atoms with E-state index < -0.39 is 12.0 Å². The Morgan fingerprint density at radius 3 is 2.88 bits per heavy atom. The number of ether oxygens (including phenoxy) is 1. The molecular formula is C12H19NO4. The fourth-order valence-electron chi connectivity index (χ4n) is 1.73. The minimum atomic E-state index is -1.01. The molecule has 1 aliphatic heterocycles. The van der Waals surface area contributed by atoms with E-state index in [-0.39, 0.29) is 11.8 Å². The van der Waals surface area contributed by atoms with E-state index >= 15 is 0 Å². The summed E-state index contributed by atoms with van der Waals surface area (Å²) in [6, 6.07) is -0.847. The standard InChI is InChI=1S/C12H19NO4/c1-2-3-6-10(12(15)16)13-11(14)9-5-4-7-17-8-9/h2-3,9-10H,4-8H2,1H3,(H,13,14)(H,15,16). The molecule has 0 saturated carbocycles. The number of hydrogen-bond acceptors (Lipinski definition) is 3. The predicted octanol–water partition coefficient (Wildman–Crippen LogP) is 0.949. The summed E-state index contributed by atoms with van der Waals surface area (Å²) in [5.74, 6) is -1.44. The first-order valence-electron chi connectivity index (χ1n) is 5.87. The zero-order valence-electron chi connectivity index (χ0n) is 10.0. The number of hydrogen-bond donors (Lipinski definition) is 2. The Morgan fingerprint density at radius 1 is 1.59 bits per heavy atom. The average Bonchev–Trinajstić information content (AvgIpc) is 2.35. The highest BCUT2D eigenvalue weighted by Crippen LogP contribution is 2.13. The number of rotatable bonds is 5. The van der Waals surface area contributed by atoms with Gasteiger partial charge in [-0.2, -0.15) is 0 Å². The van der Waals surface area contributed by atoms with Gasteiger partial charge in [-0.05, 0) is 26.2 Å². The van der Waals surface area contributed by atoms with Gasteiger partial charge in [0.15, 0.2) is 0 Å². The van der Waals surface area contributed by atoms with Crippen molar-refractivity contribution in [1.82, 2.24) is 5.32 Å². The minimum Gasteiger partial charge on any atom is -0.480 e. The molecule has 1 fully saturated rings. The van der Waals surface area contributed by atoms with Crippen LogP contribution in [0.5, 0.6) is 0 Å². The van der Waals surface area contributed by atoms with Crippen LogP contribution in [0.4, 0.5) is 0 Å². The highest BCUT2D eigenvalue weighted by molar-refractivity contribution is 5.85. The molecule has 2 atom stereocenters. The molecule has 5 nitrogen and oxygen atoms in total. The van der Waals surface area contributed by atoms with Crippen LogP contribution in [0.15, 0.2) is 12.2 Å². The first-order chi connectivity index (χ1) is 8.15. The van der Waals surface area contributed by atoms with Crippen molar-refractivity contribution in [2.45, 2.75) is 32.2 Å². The summed E-state index contributed by atoms with van der Waals surface area (Å²) in [7, 11) is 0. The maximum Gasteiger partial charge on any atom is 0.326 e. The van der Waals surface area contributed by atoms with Crippen LogP contribution in [-0.2, 0) is 14.3 Å². The molecule has 1 amide bonds. The van der Waals surface area contributed by atoms with Crippen LogP contribution in [-0.4, -0.2) is 36.2 Å². The molecule has 1 rings (SSSR count). The molecule has 0 spiro atoms. The summed E-state index contributed by atoms with van der Waals surface area (Å²) in [5, 5.41) is 11.5. The highest BCUT2D eigenvalue weighted by atomic mass is 16.5. The number of carbonyl (C=O) groups is 2. The Morgan fingerprint density at radius 2 is 2.35 bits per heavy atom. The second-order valence-corrected chi connectivity index (χ2v) is 4.12. The number of carbonyl (C=O) groups excluding carboxylic acids is 1. The third-order valence-electron chi connectivity index (χ3n) is 2.75. The quantitative estimate of drug-likeness (QED) is 0.703. The Kier molecular flexibility index (Phi) is 5.69. The predicted molar refractivity (Wildman–Crippen MR) is 62.5 cm³/mol. The van der Waals surface area contributed by atoms with Crippen molar-refractivity contribution in [1.29, 1.82) is 0 Å². The molecule has 0 aromatic rings. The van der Waals surface area contributed by atoms with Gasteiger partial charge in [0.25, 0.3) is 0 Å². The normalized spacial score (nSPS) is 22.3. The Hall–Kier alpha value is -1.36. The van der Waals surface area contributed by atoms with Gasteiger partial charge in [-0.3, -0.25) is 4.79 Å². The van der Waals surface area contributed by atoms with E-state index in [0.717, 1.165) is 12.8 Å². The van der Waals surface area contributed by atoms with Crippen LogP contribution in [0.2, 0.25) is 0 Å². The van der Waals surface area contributed by atoms with Gasteiger partial charge in [0.05, 0.1) is 12.5 Å². The lowest BCUT2D eigenvalue weighted by Gasteiger charge is -2.23. The van der Waals surface area contributed by atoms with E-state index in [1.54, 1.807) is 12.2 Å². The molecule has 0 aromatic carbocycles. The monoisotopic (exact) mass is 241 g/mol. The third-order valence-corrected chi connectivity index (χ3v) is 2.75. The second kappa shape index (κ2) is 7.06. The maximum atomic E-state index is 11.8. The molecule has 17 heavy (non-hydrogen) atoms. The molecule has 0 bridgehead atoms. The second-order valence-electron chi connectivity index (χ2n) is 4.12. The van der Waals surface area contributed by atoms with Gasteiger partial charge in [0.2, 0.25) is 5.91 Å². The van der Waals surface area contributed by atoms with Gasteiger partial charge >= 0.3 is 5.97 Å². The topological polar surface area (TPSA) is 75.6 Å². The zero-order chi connectivity index (χ0) is 12.7. The third kappa shape index (κ3) is 4.56. The van der Waals surface area contributed by atoms with E-state index in [1.165, 1.54) is 0 Å². The van der Waals surface area contributed by atoms with E-state index in [4.69, 9.17) is 9.84 Å². The summed E-state index contributed by atoms with van der Waals surface area (Å²) in [5.41, 5.74) is 0.